The minimum Gasteiger partial charge on any atom is -0.464 e. The van der Waals surface area contributed by atoms with Crippen molar-refractivity contribution in [2.24, 2.45) is 17.8 Å². The molecule has 1 aliphatic carbocycles. The van der Waals surface area contributed by atoms with E-state index in [1.807, 2.05) is 33.8 Å². The third-order valence-electron chi connectivity index (χ3n) is 8.92. The van der Waals surface area contributed by atoms with E-state index >= 15 is 0 Å². The van der Waals surface area contributed by atoms with Crippen molar-refractivity contribution in [3.05, 3.63) is 11.6 Å². The van der Waals surface area contributed by atoms with Crippen LogP contribution < -0.4 is 5.32 Å². The predicted octanol–water partition coefficient (Wildman–Crippen LogP) is 3.76. The molecule has 1 saturated carbocycles. The molecule has 1 N–H and O–H groups in total. The maximum atomic E-state index is 13.9. The van der Waals surface area contributed by atoms with E-state index in [4.69, 9.17) is 4.74 Å². The van der Waals surface area contributed by atoms with Crippen LogP contribution in [0.15, 0.2) is 11.6 Å². The van der Waals surface area contributed by atoms with Crippen LogP contribution in [0.25, 0.3) is 0 Å². The number of likely N-dealkylation sites (N-methyl/N-ethyl adjacent to an activating group) is 1. The van der Waals surface area contributed by atoms with Gasteiger partial charge in [0.2, 0.25) is 17.7 Å². The third kappa shape index (κ3) is 8.55. The van der Waals surface area contributed by atoms with E-state index in [9.17, 15) is 19.2 Å². The Kier molecular flexibility index (Phi) is 11.8. The van der Waals surface area contributed by atoms with Crippen molar-refractivity contribution in [2.45, 2.75) is 124 Å². The molecule has 232 valence electrons. The Morgan fingerprint density at radius 2 is 1.56 bits per heavy atom. The first kappa shape index (κ1) is 33.1. The molecule has 0 aromatic carbocycles. The minimum absolute atomic E-state index is 0.0304. The topological polar surface area (TPSA) is 99.3 Å². The number of nitrogens with one attached hydrogen (secondary N) is 1. The van der Waals surface area contributed by atoms with Crippen molar-refractivity contribution in [3.8, 4) is 0 Å². The summed E-state index contributed by atoms with van der Waals surface area (Å²) in [5.74, 6) is -0.356. The van der Waals surface area contributed by atoms with Crippen LogP contribution in [0.4, 0.5) is 0 Å². The molecule has 0 radical (unpaired) electrons. The lowest BCUT2D eigenvalue weighted by atomic mass is 9.95. The first-order chi connectivity index (χ1) is 19.3. The SMILES string of the molecule is CC(=C[C@H](C(C)C)N(C)C(=O)[C@@H](NC(=O)[C@H]1CCCCN1C(C)C)C(C)C)C(=O)N1CCC[C@H]1C(=O)OCC1CC1. The number of carbonyl (C=O) groups is 4. The highest BCUT2D eigenvalue weighted by molar-refractivity contribution is 5.96. The van der Waals surface area contributed by atoms with Gasteiger partial charge >= 0.3 is 5.97 Å². The van der Waals surface area contributed by atoms with Gasteiger partial charge in [-0.2, -0.15) is 0 Å². The summed E-state index contributed by atoms with van der Waals surface area (Å²) in [6.45, 7) is 15.7. The molecule has 0 spiro atoms. The van der Waals surface area contributed by atoms with Crippen molar-refractivity contribution in [3.63, 3.8) is 0 Å². The zero-order valence-electron chi connectivity index (χ0n) is 26.7. The van der Waals surface area contributed by atoms with Crippen LogP contribution in [-0.2, 0) is 23.9 Å². The van der Waals surface area contributed by atoms with Gasteiger partial charge in [0.25, 0.3) is 0 Å². The van der Waals surface area contributed by atoms with E-state index in [0.717, 1.165) is 45.1 Å². The molecule has 4 atom stereocenters. The fourth-order valence-corrected chi connectivity index (χ4v) is 6.12. The monoisotopic (exact) mass is 574 g/mol. The second-order valence-corrected chi connectivity index (χ2v) is 13.3. The van der Waals surface area contributed by atoms with Gasteiger partial charge in [0, 0.05) is 25.2 Å². The van der Waals surface area contributed by atoms with Gasteiger partial charge in [0.15, 0.2) is 0 Å². The summed E-state index contributed by atoms with van der Waals surface area (Å²) in [5, 5.41) is 3.09. The number of amides is 3. The van der Waals surface area contributed by atoms with Gasteiger partial charge in [0.05, 0.1) is 18.7 Å². The lowest BCUT2D eigenvalue weighted by molar-refractivity contribution is -0.152. The summed E-state index contributed by atoms with van der Waals surface area (Å²) in [5.41, 5.74) is 0.505. The standard InChI is InChI=1S/C32H54N4O5/c1-20(2)27(18-23(7)30(38)36-17-11-13-26(36)32(40)41-19-24-14-15-24)34(8)31(39)28(21(3)4)33-29(37)25-12-9-10-16-35(25)22(5)6/h18,20-22,24-28H,9-17,19H2,1-8H3,(H,33,37)/t25-,26+,27-,28+/m1/s1. The highest BCUT2D eigenvalue weighted by Gasteiger charge is 2.38. The molecule has 0 aromatic heterocycles. The number of carbonyl (C=O) groups excluding carboxylic acids is 4. The van der Waals surface area contributed by atoms with Gasteiger partial charge in [-0.1, -0.05) is 40.2 Å². The van der Waals surface area contributed by atoms with Crippen LogP contribution in [0.5, 0.6) is 0 Å². The van der Waals surface area contributed by atoms with Crippen molar-refractivity contribution in [1.82, 2.24) is 20.0 Å². The lowest BCUT2D eigenvalue weighted by Gasteiger charge is -2.39. The van der Waals surface area contributed by atoms with E-state index in [1.54, 1.807) is 23.8 Å². The first-order valence-corrected chi connectivity index (χ1v) is 15.8. The van der Waals surface area contributed by atoms with E-state index in [1.165, 1.54) is 0 Å². The molecule has 0 unspecified atom stereocenters. The van der Waals surface area contributed by atoms with Crippen LogP contribution in [0.3, 0.4) is 0 Å². The summed E-state index contributed by atoms with van der Waals surface area (Å²) < 4.78 is 5.50. The smallest absolute Gasteiger partial charge is 0.328 e. The number of nitrogens with zero attached hydrogens (tertiary/aromatic N) is 3. The number of esters is 1. The molecule has 3 rings (SSSR count). The van der Waals surface area contributed by atoms with Crippen molar-refractivity contribution in [1.29, 1.82) is 0 Å². The normalized spacial score (nSPS) is 23.6. The quantitative estimate of drug-likeness (QED) is 0.282. The van der Waals surface area contributed by atoms with Gasteiger partial charge in [-0.05, 0) is 83.6 Å². The first-order valence-electron chi connectivity index (χ1n) is 15.8. The number of likely N-dealkylation sites (tertiary alicyclic amines) is 2. The number of rotatable bonds is 12. The van der Waals surface area contributed by atoms with Crippen LogP contribution >= 0.6 is 0 Å². The Morgan fingerprint density at radius 3 is 2.15 bits per heavy atom. The number of piperidine rings is 1. The van der Waals surface area contributed by atoms with Crippen LogP contribution in [-0.4, -0.2) is 95.3 Å². The highest BCUT2D eigenvalue weighted by Crippen LogP contribution is 2.30. The van der Waals surface area contributed by atoms with Gasteiger partial charge < -0.3 is 19.9 Å². The maximum Gasteiger partial charge on any atom is 0.328 e. The van der Waals surface area contributed by atoms with Gasteiger partial charge in [-0.15, -0.1) is 0 Å². The maximum absolute atomic E-state index is 13.9. The van der Waals surface area contributed by atoms with Crippen molar-refractivity contribution in [2.75, 3.05) is 26.7 Å². The van der Waals surface area contributed by atoms with Crippen molar-refractivity contribution >= 4 is 23.7 Å². The van der Waals surface area contributed by atoms with Crippen molar-refractivity contribution < 1.29 is 23.9 Å². The Bertz CT molecular complexity index is 973. The zero-order chi connectivity index (χ0) is 30.4. The summed E-state index contributed by atoms with van der Waals surface area (Å²) in [7, 11) is 1.75. The third-order valence-corrected chi connectivity index (χ3v) is 8.92. The molecule has 0 bridgehead atoms. The Hall–Kier alpha value is -2.42. The largest absolute Gasteiger partial charge is 0.464 e. The average molecular weight is 575 g/mol. The average Bonchev–Trinajstić information content (AvgIpc) is 3.64. The molecular formula is C32H54N4O5. The van der Waals surface area contributed by atoms with E-state index < -0.39 is 12.1 Å². The molecule has 2 saturated heterocycles. The van der Waals surface area contributed by atoms with Gasteiger partial charge in [-0.3, -0.25) is 19.3 Å². The Balaban J connectivity index is 1.71. The van der Waals surface area contributed by atoms with E-state index in [0.29, 0.717) is 31.1 Å². The van der Waals surface area contributed by atoms with E-state index in [2.05, 4.69) is 24.1 Å². The lowest BCUT2D eigenvalue weighted by Crippen LogP contribution is -2.58. The second-order valence-electron chi connectivity index (χ2n) is 13.3. The molecule has 3 amide bonds. The summed E-state index contributed by atoms with van der Waals surface area (Å²) in [4.78, 5) is 59.0. The molecule has 3 fully saturated rings. The molecular weight excluding hydrogens is 520 g/mol. The van der Waals surface area contributed by atoms with Gasteiger partial charge in [-0.25, -0.2) is 4.79 Å². The Morgan fingerprint density at radius 1 is 0.902 bits per heavy atom. The number of hydrogen-bond donors (Lipinski definition) is 1. The summed E-state index contributed by atoms with van der Waals surface area (Å²) in [6, 6.07) is -1.54. The van der Waals surface area contributed by atoms with Crippen LogP contribution in [0.1, 0.15) is 93.4 Å². The summed E-state index contributed by atoms with van der Waals surface area (Å²) >= 11 is 0. The number of hydrogen-bond acceptors (Lipinski definition) is 6. The fraction of sp³-hybridized carbons (Fsp3) is 0.812. The van der Waals surface area contributed by atoms with Gasteiger partial charge in [0.1, 0.15) is 12.1 Å². The molecule has 9 nitrogen and oxygen atoms in total. The molecule has 41 heavy (non-hydrogen) atoms. The summed E-state index contributed by atoms with van der Waals surface area (Å²) in [6.07, 6.45) is 8.30. The second kappa shape index (κ2) is 14.7. The molecule has 2 heterocycles. The van der Waals surface area contributed by atoms with E-state index in [-0.39, 0.29) is 53.7 Å². The Labute approximate surface area is 247 Å². The van der Waals surface area contributed by atoms with Crippen LogP contribution in [0, 0.1) is 17.8 Å². The molecule has 9 heteroatoms. The highest BCUT2D eigenvalue weighted by atomic mass is 16.5. The molecule has 3 aliphatic rings. The number of ether oxygens (including phenoxy) is 1. The predicted molar refractivity (Wildman–Crippen MR) is 160 cm³/mol. The minimum atomic E-state index is -0.668. The zero-order valence-corrected chi connectivity index (χ0v) is 26.7. The molecule has 2 aliphatic heterocycles. The fourth-order valence-electron chi connectivity index (χ4n) is 6.12. The molecule has 0 aromatic rings. The van der Waals surface area contributed by atoms with Crippen LogP contribution in [0.2, 0.25) is 0 Å².